The summed E-state index contributed by atoms with van der Waals surface area (Å²) in [5.41, 5.74) is 0. The van der Waals surface area contributed by atoms with Gasteiger partial charge in [-0.1, -0.05) is 0 Å². The van der Waals surface area contributed by atoms with Gasteiger partial charge in [0, 0.05) is 0 Å². The molecule has 5 nitrogen and oxygen atoms in total. The zero-order valence-electron chi connectivity index (χ0n) is 5.64. The van der Waals surface area contributed by atoms with Crippen molar-refractivity contribution in [3.8, 4) is 0 Å². The van der Waals surface area contributed by atoms with Crippen LogP contribution in [0.15, 0.2) is 0 Å². The van der Waals surface area contributed by atoms with Gasteiger partial charge in [0.1, 0.15) is 12.2 Å². The number of esters is 1. The van der Waals surface area contributed by atoms with Crippen molar-refractivity contribution in [1.29, 1.82) is 0 Å². The number of ether oxygens (including phenoxy) is 2. The van der Waals surface area contributed by atoms with Gasteiger partial charge in [-0.3, -0.25) is 4.79 Å². The fourth-order valence-corrected chi connectivity index (χ4v) is 1.39. The van der Waals surface area contributed by atoms with E-state index < -0.39 is 24.6 Å². The molecule has 2 aliphatic heterocycles. The second-order valence-corrected chi connectivity index (χ2v) is 2.71. The molecule has 0 radical (unpaired) electrons. The van der Waals surface area contributed by atoms with Crippen LogP contribution in [0.25, 0.3) is 0 Å². The molecule has 2 N–H and O–H groups in total. The summed E-state index contributed by atoms with van der Waals surface area (Å²) in [5.74, 6) is -0.383. The molecule has 4 unspecified atom stereocenters. The van der Waals surface area contributed by atoms with Crippen molar-refractivity contribution in [1.82, 2.24) is 0 Å². The highest BCUT2D eigenvalue weighted by Gasteiger charge is 2.50. The van der Waals surface area contributed by atoms with Crippen LogP contribution in [-0.4, -0.2) is 40.8 Å². The third-order valence-electron chi connectivity index (χ3n) is 1.94. The van der Waals surface area contributed by atoms with Gasteiger partial charge < -0.3 is 19.7 Å². The molecule has 2 rings (SSSR count). The summed E-state index contributed by atoms with van der Waals surface area (Å²) >= 11 is 0. The number of carbonyl (C=O) groups excluding carboxylic acids is 1. The van der Waals surface area contributed by atoms with Crippen molar-refractivity contribution in [2.75, 3.05) is 0 Å². The van der Waals surface area contributed by atoms with E-state index in [4.69, 9.17) is 19.7 Å². The van der Waals surface area contributed by atoms with Gasteiger partial charge >= 0.3 is 5.97 Å². The van der Waals surface area contributed by atoms with Crippen LogP contribution < -0.4 is 0 Å². The lowest BCUT2D eigenvalue weighted by Crippen LogP contribution is -2.31. The Hall–Kier alpha value is -0.650. The minimum absolute atomic E-state index is 0.124. The zero-order chi connectivity index (χ0) is 8.01. The van der Waals surface area contributed by atoms with E-state index in [1.54, 1.807) is 0 Å². The van der Waals surface area contributed by atoms with Crippen LogP contribution in [0.3, 0.4) is 0 Å². The summed E-state index contributed by atoms with van der Waals surface area (Å²) < 4.78 is 9.52. The summed E-state index contributed by atoms with van der Waals surface area (Å²) in [6, 6.07) is 0. The van der Waals surface area contributed by atoms with Crippen molar-refractivity contribution in [2.24, 2.45) is 0 Å². The number of aliphatic hydroxyl groups is 2. The number of rotatable bonds is 0. The molecule has 62 valence electrons. The first-order valence-electron chi connectivity index (χ1n) is 3.39. The minimum atomic E-state index is -1.21. The molecule has 11 heavy (non-hydrogen) atoms. The first kappa shape index (κ1) is 7.02. The zero-order valence-corrected chi connectivity index (χ0v) is 5.64. The van der Waals surface area contributed by atoms with E-state index in [9.17, 15) is 4.79 Å². The number of aliphatic hydroxyl groups excluding tert-OH is 2. The van der Waals surface area contributed by atoms with Gasteiger partial charge in [-0.2, -0.15) is 0 Å². The van der Waals surface area contributed by atoms with E-state index in [2.05, 4.69) is 0 Å². The van der Waals surface area contributed by atoms with Crippen molar-refractivity contribution < 1.29 is 24.5 Å². The van der Waals surface area contributed by atoms with Gasteiger partial charge in [-0.05, 0) is 0 Å². The Morgan fingerprint density at radius 3 is 2.82 bits per heavy atom. The number of fused-ring (bicyclic) bond motifs is 1. The number of carbonyl (C=O) groups is 1. The SMILES string of the molecule is O=C1CC2OC(O)C(O)C2O1. The molecule has 0 spiro atoms. The Morgan fingerprint density at radius 1 is 1.45 bits per heavy atom. The Balaban J connectivity index is 2.13. The molecule has 2 saturated heterocycles. The van der Waals surface area contributed by atoms with Gasteiger partial charge in [0.25, 0.3) is 0 Å². The monoisotopic (exact) mass is 160 g/mol. The standard InChI is InChI=1S/C6H8O5/c7-3-1-2-5(11-3)4(8)6(9)10-2/h2,4-6,8-9H,1H2. The van der Waals surface area contributed by atoms with Crippen LogP contribution in [0, 0.1) is 0 Å². The number of hydrogen-bond acceptors (Lipinski definition) is 5. The first-order chi connectivity index (χ1) is 5.18. The molecular weight excluding hydrogens is 152 g/mol. The third kappa shape index (κ3) is 0.926. The van der Waals surface area contributed by atoms with Gasteiger partial charge in [0.15, 0.2) is 12.4 Å². The molecular formula is C6H8O5. The lowest BCUT2D eigenvalue weighted by atomic mass is 10.1. The largest absolute Gasteiger partial charge is 0.456 e. The smallest absolute Gasteiger partial charge is 0.309 e. The lowest BCUT2D eigenvalue weighted by molar-refractivity contribution is -0.155. The number of hydrogen-bond donors (Lipinski definition) is 2. The minimum Gasteiger partial charge on any atom is -0.456 e. The molecule has 0 bridgehead atoms. The van der Waals surface area contributed by atoms with Crippen LogP contribution in [-0.2, 0) is 14.3 Å². The maximum absolute atomic E-state index is 10.6. The van der Waals surface area contributed by atoms with E-state index >= 15 is 0 Å². The fraction of sp³-hybridized carbons (Fsp3) is 0.833. The molecule has 2 heterocycles. The molecule has 5 heteroatoms. The molecule has 4 atom stereocenters. The normalized spacial score (nSPS) is 49.1. The van der Waals surface area contributed by atoms with Crippen molar-refractivity contribution in [3.63, 3.8) is 0 Å². The summed E-state index contributed by atoms with van der Waals surface area (Å²) in [4.78, 5) is 10.6. The van der Waals surface area contributed by atoms with E-state index in [0.717, 1.165) is 0 Å². The average molecular weight is 160 g/mol. The quantitative estimate of drug-likeness (QED) is 0.416. The first-order valence-corrected chi connectivity index (χ1v) is 3.39. The molecule has 0 aliphatic carbocycles. The summed E-state index contributed by atoms with van der Waals surface area (Å²) in [7, 11) is 0. The van der Waals surface area contributed by atoms with Crippen LogP contribution >= 0.6 is 0 Å². The Morgan fingerprint density at radius 2 is 2.18 bits per heavy atom. The highest BCUT2D eigenvalue weighted by molar-refractivity contribution is 5.72. The van der Waals surface area contributed by atoms with E-state index in [1.807, 2.05) is 0 Å². The van der Waals surface area contributed by atoms with Gasteiger partial charge in [0.2, 0.25) is 0 Å². The summed E-state index contributed by atoms with van der Waals surface area (Å²) in [5, 5.41) is 18.1. The maximum Gasteiger partial charge on any atom is 0.309 e. The molecule has 2 fully saturated rings. The molecule has 0 saturated carbocycles. The van der Waals surface area contributed by atoms with Gasteiger partial charge in [-0.15, -0.1) is 0 Å². The predicted octanol–water partition coefficient (Wildman–Crippen LogP) is -1.62. The lowest BCUT2D eigenvalue weighted by Gasteiger charge is -2.10. The third-order valence-corrected chi connectivity index (χ3v) is 1.94. The molecule has 0 aromatic carbocycles. The molecule has 0 aromatic rings. The molecule has 0 amide bonds. The molecule has 2 aliphatic rings. The Bertz CT molecular complexity index is 191. The summed E-state index contributed by atoms with van der Waals surface area (Å²) in [6.07, 6.45) is -3.31. The second kappa shape index (κ2) is 2.17. The highest BCUT2D eigenvalue weighted by Crippen LogP contribution is 2.30. The van der Waals surface area contributed by atoms with E-state index in [1.165, 1.54) is 0 Å². The predicted molar refractivity (Wildman–Crippen MR) is 31.4 cm³/mol. The van der Waals surface area contributed by atoms with Crippen molar-refractivity contribution >= 4 is 5.97 Å². The second-order valence-electron chi connectivity index (χ2n) is 2.71. The Labute approximate surface area is 62.5 Å². The van der Waals surface area contributed by atoms with Crippen molar-refractivity contribution in [3.05, 3.63) is 0 Å². The summed E-state index contributed by atoms with van der Waals surface area (Å²) in [6.45, 7) is 0. The van der Waals surface area contributed by atoms with Crippen LogP contribution in [0.4, 0.5) is 0 Å². The Kier molecular flexibility index (Phi) is 1.38. The fourth-order valence-electron chi connectivity index (χ4n) is 1.39. The average Bonchev–Trinajstić information content (AvgIpc) is 2.37. The molecule has 0 aromatic heterocycles. The van der Waals surface area contributed by atoms with Gasteiger partial charge in [-0.25, -0.2) is 0 Å². The maximum atomic E-state index is 10.6. The highest BCUT2D eigenvalue weighted by atomic mass is 16.7. The van der Waals surface area contributed by atoms with E-state index in [-0.39, 0.29) is 12.4 Å². The topological polar surface area (TPSA) is 76.0 Å². The van der Waals surface area contributed by atoms with Crippen LogP contribution in [0.2, 0.25) is 0 Å². The van der Waals surface area contributed by atoms with Crippen molar-refractivity contribution in [2.45, 2.75) is 31.0 Å². The van der Waals surface area contributed by atoms with Gasteiger partial charge in [0.05, 0.1) is 6.42 Å². The van der Waals surface area contributed by atoms with E-state index in [0.29, 0.717) is 0 Å². The van der Waals surface area contributed by atoms with Crippen LogP contribution in [0.1, 0.15) is 6.42 Å². The van der Waals surface area contributed by atoms with Crippen LogP contribution in [0.5, 0.6) is 0 Å².